The number of amides is 1. The van der Waals surface area contributed by atoms with E-state index in [0.29, 0.717) is 12.8 Å². The number of carbonyl (C=O) groups is 1. The summed E-state index contributed by atoms with van der Waals surface area (Å²) < 4.78 is 33.9. The molecule has 3 saturated heterocycles. The maximum atomic E-state index is 13.1. The quantitative estimate of drug-likeness (QED) is 0.0317. The summed E-state index contributed by atoms with van der Waals surface area (Å²) in [6.07, 6.45) is 21.0. The molecule has 3 fully saturated rings. The van der Waals surface area contributed by atoms with Crippen molar-refractivity contribution < 1.29 is 89.4 Å². The van der Waals surface area contributed by atoms with E-state index < -0.39 is 124 Å². The van der Waals surface area contributed by atoms with E-state index in [0.717, 1.165) is 83.5 Å². The van der Waals surface area contributed by atoms with E-state index in [1.807, 2.05) is 6.92 Å². The molecule has 3 rings (SSSR count). The second-order valence-corrected chi connectivity index (χ2v) is 19.0. The lowest BCUT2D eigenvalue weighted by Gasteiger charge is -2.48. The summed E-state index contributed by atoms with van der Waals surface area (Å²) in [7, 11) is 0. The minimum Gasteiger partial charge on any atom is -0.394 e. The number of allylic oxidation sites excluding steroid dienone is 15. The second kappa shape index (κ2) is 39.1. The van der Waals surface area contributed by atoms with Crippen LogP contribution in [0, 0.1) is 0 Å². The average molecular weight is 1070 g/mol. The number of nitrogens with one attached hydrogen (secondary N) is 1. The number of ether oxygens (including phenoxy) is 6. The van der Waals surface area contributed by atoms with Crippen molar-refractivity contribution in [1.29, 1.82) is 0 Å². The van der Waals surface area contributed by atoms with Crippen molar-refractivity contribution in [3.05, 3.63) is 97.2 Å². The van der Waals surface area contributed by atoms with Crippen LogP contribution in [0.15, 0.2) is 97.2 Å². The largest absolute Gasteiger partial charge is 0.394 e. The Labute approximate surface area is 443 Å². The van der Waals surface area contributed by atoms with Crippen LogP contribution in [0.4, 0.5) is 0 Å². The predicted octanol–water partition coefficient (Wildman–Crippen LogP) is 3.03. The zero-order valence-corrected chi connectivity index (χ0v) is 44.0. The summed E-state index contributed by atoms with van der Waals surface area (Å²) in [6, 6.07) is -0.986. The molecular weight excluding hydrogens is 975 g/mol. The lowest BCUT2D eigenvalue weighted by atomic mass is 9.96. The molecular formula is C56H91NO18. The molecule has 19 heteroatoms. The molecule has 3 aliphatic heterocycles. The van der Waals surface area contributed by atoms with Gasteiger partial charge < -0.3 is 89.9 Å². The molecule has 1 amide bonds. The van der Waals surface area contributed by atoms with Gasteiger partial charge in [-0.3, -0.25) is 4.79 Å². The highest BCUT2D eigenvalue weighted by Crippen LogP contribution is 2.33. The van der Waals surface area contributed by atoms with Crippen molar-refractivity contribution >= 4 is 5.91 Å². The van der Waals surface area contributed by atoms with Crippen molar-refractivity contribution in [1.82, 2.24) is 5.32 Å². The molecule has 19 nitrogen and oxygen atoms in total. The Balaban J connectivity index is 1.37. The molecule has 3 heterocycles. The fourth-order valence-electron chi connectivity index (χ4n) is 8.41. The van der Waals surface area contributed by atoms with E-state index >= 15 is 0 Å². The number of hydrogen-bond donors (Lipinski definition) is 12. The molecule has 0 bridgehead atoms. The van der Waals surface area contributed by atoms with Gasteiger partial charge >= 0.3 is 0 Å². The molecule has 0 radical (unpaired) electrons. The fraction of sp³-hybridized carbons (Fsp3) is 0.696. The lowest BCUT2D eigenvalue weighted by Crippen LogP contribution is -2.66. The molecule has 0 aliphatic carbocycles. The minimum absolute atomic E-state index is 0.210. The first kappa shape index (κ1) is 66.0. The molecule has 428 valence electrons. The minimum atomic E-state index is -1.98. The highest BCUT2D eigenvalue weighted by molar-refractivity contribution is 5.76. The Morgan fingerprint density at radius 3 is 1.41 bits per heavy atom. The van der Waals surface area contributed by atoms with Crippen LogP contribution in [0.5, 0.6) is 0 Å². The van der Waals surface area contributed by atoms with Crippen molar-refractivity contribution in [3.8, 4) is 0 Å². The molecule has 17 atom stereocenters. The highest BCUT2D eigenvalue weighted by Gasteiger charge is 2.53. The Morgan fingerprint density at radius 2 is 0.920 bits per heavy atom. The van der Waals surface area contributed by atoms with Crippen LogP contribution in [0.3, 0.4) is 0 Å². The summed E-state index contributed by atoms with van der Waals surface area (Å²) in [6.45, 7) is 1.30. The molecule has 0 aromatic carbocycles. The van der Waals surface area contributed by atoms with Crippen LogP contribution in [-0.4, -0.2) is 193 Å². The maximum absolute atomic E-state index is 13.1. The summed E-state index contributed by atoms with van der Waals surface area (Å²) in [4.78, 5) is 13.1. The van der Waals surface area contributed by atoms with Crippen molar-refractivity contribution in [2.45, 2.75) is 221 Å². The summed E-state index contributed by atoms with van der Waals surface area (Å²) in [5, 5.41) is 119. The summed E-state index contributed by atoms with van der Waals surface area (Å²) in [5.41, 5.74) is 0. The van der Waals surface area contributed by atoms with Gasteiger partial charge in [0.1, 0.15) is 73.2 Å². The first-order valence-electron chi connectivity index (χ1n) is 27.0. The molecule has 75 heavy (non-hydrogen) atoms. The molecule has 0 aromatic heterocycles. The number of aliphatic hydroxyl groups excluding tert-OH is 11. The van der Waals surface area contributed by atoms with E-state index in [1.54, 1.807) is 6.08 Å². The smallest absolute Gasteiger partial charge is 0.220 e. The van der Waals surface area contributed by atoms with Gasteiger partial charge in [-0.1, -0.05) is 137 Å². The van der Waals surface area contributed by atoms with Gasteiger partial charge in [0.25, 0.3) is 0 Å². The highest BCUT2D eigenvalue weighted by atomic mass is 16.8. The van der Waals surface area contributed by atoms with Gasteiger partial charge in [-0.05, 0) is 70.6 Å². The van der Waals surface area contributed by atoms with Crippen LogP contribution in [0.1, 0.15) is 117 Å². The Hall–Kier alpha value is -3.29. The van der Waals surface area contributed by atoms with E-state index in [-0.39, 0.29) is 18.9 Å². The molecule has 3 aliphatic rings. The van der Waals surface area contributed by atoms with E-state index in [4.69, 9.17) is 28.4 Å². The van der Waals surface area contributed by atoms with Gasteiger partial charge in [-0.15, -0.1) is 0 Å². The zero-order chi connectivity index (χ0) is 54.8. The Kier molecular flexibility index (Phi) is 34.4. The van der Waals surface area contributed by atoms with Crippen molar-refractivity contribution in [3.63, 3.8) is 0 Å². The predicted molar refractivity (Wildman–Crippen MR) is 281 cm³/mol. The molecule has 0 spiro atoms. The van der Waals surface area contributed by atoms with Gasteiger partial charge in [-0.2, -0.15) is 0 Å². The monoisotopic (exact) mass is 1070 g/mol. The van der Waals surface area contributed by atoms with Crippen LogP contribution in [-0.2, 0) is 33.2 Å². The number of hydrogen-bond acceptors (Lipinski definition) is 18. The first-order chi connectivity index (χ1) is 36.3. The maximum Gasteiger partial charge on any atom is 0.220 e. The summed E-state index contributed by atoms with van der Waals surface area (Å²) >= 11 is 0. The number of aliphatic hydroxyl groups is 11. The number of rotatable bonds is 36. The summed E-state index contributed by atoms with van der Waals surface area (Å²) in [5.74, 6) is -0.314. The molecule has 17 unspecified atom stereocenters. The third kappa shape index (κ3) is 24.1. The number of carbonyl (C=O) groups excluding carboxylic acids is 1. The Bertz CT molecular complexity index is 1750. The topological polar surface area (TPSA) is 307 Å². The standard InChI is InChI=1S/C56H91NO18/c1-3-5-7-8-9-10-11-12-13-14-15-16-17-18-19-20-21-22-23-24-25-26-27-28-29-30-32-34-44(62)57-39(40(61)33-31-6-4-2)38-70-54-50(68)47(65)52(42(36-59)72-54)75-56-51(69)48(66)53(43(37-60)73-56)74-55-49(67)46(64)45(63)41(35-58)71-55/h5,7,9-10,12-13,15-16,18-19,21-22,24-25,31,33,39-43,45-56,58-61,63-69H,3-4,6,8,11,14,17,20,23,26-30,32,34-38H2,1-2H3,(H,57,62)/b7-5-,10-9-,13-12-,16-15-,19-18-,22-21-,25-24-,33-31+. The van der Waals surface area contributed by atoms with Gasteiger partial charge in [0, 0.05) is 6.42 Å². The van der Waals surface area contributed by atoms with Crippen LogP contribution >= 0.6 is 0 Å². The van der Waals surface area contributed by atoms with Crippen LogP contribution in [0.2, 0.25) is 0 Å². The fourth-order valence-corrected chi connectivity index (χ4v) is 8.41. The third-order valence-corrected chi connectivity index (χ3v) is 12.9. The molecule has 0 saturated carbocycles. The van der Waals surface area contributed by atoms with Gasteiger partial charge in [0.2, 0.25) is 5.91 Å². The second-order valence-electron chi connectivity index (χ2n) is 19.0. The number of unbranched alkanes of at least 4 members (excludes halogenated alkanes) is 6. The average Bonchev–Trinajstić information content (AvgIpc) is 3.40. The van der Waals surface area contributed by atoms with Crippen molar-refractivity contribution in [2.75, 3.05) is 26.4 Å². The first-order valence-corrected chi connectivity index (χ1v) is 27.0. The van der Waals surface area contributed by atoms with Gasteiger partial charge in [0.15, 0.2) is 18.9 Å². The third-order valence-electron chi connectivity index (χ3n) is 12.9. The molecule has 12 N–H and O–H groups in total. The zero-order valence-electron chi connectivity index (χ0n) is 44.0. The van der Waals surface area contributed by atoms with E-state index in [9.17, 15) is 61.0 Å². The molecule has 0 aromatic rings. The van der Waals surface area contributed by atoms with Gasteiger partial charge in [-0.25, -0.2) is 0 Å². The van der Waals surface area contributed by atoms with Crippen molar-refractivity contribution in [2.24, 2.45) is 0 Å². The van der Waals surface area contributed by atoms with E-state index in [1.165, 1.54) is 6.08 Å². The van der Waals surface area contributed by atoms with Crippen LogP contribution in [0.25, 0.3) is 0 Å². The Morgan fingerprint density at radius 1 is 0.493 bits per heavy atom. The van der Waals surface area contributed by atoms with E-state index in [2.05, 4.69) is 97.3 Å². The van der Waals surface area contributed by atoms with Crippen LogP contribution < -0.4 is 5.32 Å². The SMILES string of the molecule is CC/C=C\C/C=C\C/C=C\C/C=C\C/C=C\C/C=C\C/C=C\CCCCCCCC(=O)NC(COC1OC(CO)C(OC2OC(CO)C(OC3OC(CO)C(O)C(O)C3O)C(O)C2O)C(O)C1O)C(O)/C=C/CCC. The van der Waals surface area contributed by atoms with Gasteiger partial charge in [0.05, 0.1) is 38.6 Å². The lowest BCUT2D eigenvalue weighted by molar-refractivity contribution is -0.379. The normalized spacial score (nSPS) is 32.0.